The molecule has 6 nitrogen and oxygen atoms in total. The molecule has 6 heteroatoms. The van der Waals surface area contributed by atoms with Crippen LogP contribution in [0, 0.1) is 6.92 Å². The monoisotopic (exact) mass is 350 g/mol. The molecule has 0 atom stereocenters. The van der Waals surface area contributed by atoms with Crippen LogP contribution in [0.5, 0.6) is 0 Å². The highest BCUT2D eigenvalue weighted by Crippen LogP contribution is 2.22. The van der Waals surface area contributed by atoms with Gasteiger partial charge in [0.2, 0.25) is 0 Å². The van der Waals surface area contributed by atoms with Crippen LogP contribution in [0.3, 0.4) is 0 Å². The molecule has 2 aromatic carbocycles. The normalized spacial score (nSPS) is 13.3. The minimum absolute atomic E-state index is 0.176. The van der Waals surface area contributed by atoms with Gasteiger partial charge in [0.05, 0.1) is 5.69 Å². The second-order valence-corrected chi connectivity index (χ2v) is 6.27. The fourth-order valence-corrected chi connectivity index (χ4v) is 2.89. The molecule has 0 spiro atoms. The van der Waals surface area contributed by atoms with Gasteiger partial charge in [0, 0.05) is 42.5 Å². The lowest BCUT2D eigenvalue weighted by Crippen LogP contribution is -2.20. The lowest BCUT2D eigenvalue weighted by molar-refractivity contribution is 0.0960. The molecule has 0 aromatic heterocycles. The van der Waals surface area contributed by atoms with Gasteiger partial charge < -0.3 is 10.6 Å². The molecule has 3 rings (SSSR count). The van der Waals surface area contributed by atoms with E-state index in [4.69, 9.17) is 0 Å². The maximum absolute atomic E-state index is 12.5. The highest BCUT2D eigenvalue weighted by molar-refractivity contribution is 6.06. The van der Waals surface area contributed by atoms with Crippen molar-refractivity contribution in [1.29, 1.82) is 0 Å². The number of nitrogens with one attached hydrogen (secondary N) is 2. The molecular weight excluding hydrogens is 328 g/mol. The van der Waals surface area contributed by atoms with Crippen LogP contribution in [0.15, 0.2) is 47.6 Å². The summed E-state index contributed by atoms with van der Waals surface area (Å²) in [7, 11) is 1.58. The highest BCUT2D eigenvalue weighted by atomic mass is 16.2. The molecule has 0 fully saturated rings. The molecule has 0 radical (unpaired) electrons. The van der Waals surface area contributed by atoms with Gasteiger partial charge in [-0.2, -0.15) is 5.10 Å². The number of hydrogen-bond acceptors (Lipinski definition) is 4. The molecule has 1 aliphatic heterocycles. The fraction of sp³-hybridized carbons (Fsp3) is 0.250. The molecule has 134 valence electrons. The zero-order chi connectivity index (χ0) is 18.7. The number of benzene rings is 2. The van der Waals surface area contributed by atoms with Gasteiger partial charge in [-0.1, -0.05) is 6.07 Å². The average molecular weight is 350 g/mol. The Bertz CT molecular complexity index is 872. The van der Waals surface area contributed by atoms with E-state index in [0.717, 1.165) is 29.9 Å². The number of carbonyl (C=O) groups excluding carboxylic acids is 2. The third-order valence-electron chi connectivity index (χ3n) is 4.46. The molecule has 0 aliphatic carbocycles. The summed E-state index contributed by atoms with van der Waals surface area (Å²) in [6.45, 7) is 4.69. The van der Waals surface area contributed by atoms with Gasteiger partial charge in [0.25, 0.3) is 11.8 Å². The maximum Gasteiger partial charge on any atom is 0.255 e. The SMILES string of the molecule is CNC(=O)c1cccc(NC(=O)c2ccc(N3CCC(C)=N3)cc2)c1C. The first-order chi connectivity index (χ1) is 12.5. The summed E-state index contributed by atoms with van der Waals surface area (Å²) >= 11 is 0. The molecule has 2 amide bonds. The van der Waals surface area contributed by atoms with E-state index in [2.05, 4.69) is 15.7 Å². The van der Waals surface area contributed by atoms with Crippen molar-refractivity contribution in [2.45, 2.75) is 20.3 Å². The minimum Gasteiger partial charge on any atom is -0.355 e. The first-order valence-corrected chi connectivity index (χ1v) is 8.54. The predicted octanol–water partition coefficient (Wildman–Crippen LogP) is 3.19. The van der Waals surface area contributed by atoms with Gasteiger partial charge in [-0.25, -0.2) is 0 Å². The summed E-state index contributed by atoms with van der Waals surface area (Å²) in [4.78, 5) is 24.4. The smallest absolute Gasteiger partial charge is 0.255 e. The van der Waals surface area contributed by atoms with Crippen molar-refractivity contribution in [2.75, 3.05) is 23.9 Å². The Morgan fingerprint density at radius 1 is 1.04 bits per heavy atom. The molecule has 0 saturated heterocycles. The number of hydrazone groups is 1. The van der Waals surface area contributed by atoms with Crippen LogP contribution in [0.25, 0.3) is 0 Å². The molecule has 0 unspecified atom stereocenters. The second-order valence-electron chi connectivity index (χ2n) is 6.27. The summed E-state index contributed by atoms with van der Waals surface area (Å²) < 4.78 is 0. The second kappa shape index (κ2) is 7.39. The molecule has 1 aliphatic rings. The van der Waals surface area contributed by atoms with Crippen LogP contribution in [-0.4, -0.2) is 31.1 Å². The summed E-state index contributed by atoms with van der Waals surface area (Å²) in [6.07, 6.45) is 0.962. The van der Waals surface area contributed by atoms with Crippen LogP contribution < -0.4 is 15.6 Å². The number of rotatable bonds is 4. The Hall–Kier alpha value is -3.15. The van der Waals surface area contributed by atoms with Gasteiger partial charge in [0.15, 0.2) is 0 Å². The molecular formula is C20H22N4O2. The standard InChI is InChI=1S/C20H22N4O2/c1-13-11-12-24(23-13)16-9-7-15(8-10-16)19(25)22-18-6-4-5-17(14(18)2)20(26)21-3/h4-10H,11-12H2,1-3H3,(H,21,26)(H,22,25). The fourth-order valence-electron chi connectivity index (χ4n) is 2.89. The van der Waals surface area contributed by atoms with Crippen molar-refractivity contribution >= 4 is 28.9 Å². The summed E-state index contributed by atoms with van der Waals surface area (Å²) in [5, 5.41) is 11.9. The van der Waals surface area contributed by atoms with Gasteiger partial charge >= 0.3 is 0 Å². The minimum atomic E-state index is -0.213. The van der Waals surface area contributed by atoms with Crippen molar-refractivity contribution in [3.8, 4) is 0 Å². The quantitative estimate of drug-likeness (QED) is 0.889. The molecule has 2 N–H and O–H groups in total. The number of nitrogens with zero attached hydrogens (tertiary/aromatic N) is 2. The van der Waals surface area contributed by atoms with Crippen molar-refractivity contribution in [3.05, 3.63) is 59.2 Å². The molecule has 1 heterocycles. The molecule has 0 saturated carbocycles. The molecule has 0 bridgehead atoms. The lowest BCUT2D eigenvalue weighted by atomic mass is 10.1. The zero-order valence-electron chi connectivity index (χ0n) is 15.2. The largest absolute Gasteiger partial charge is 0.355 e. The van der Waals surface area contributed by atoms with Crippen LogP contribution in [-0.2, 0) is 0 Å². The van der Waals surface area contributed by atoms with Gasteiger partial charge in [-0.3, -0.25) is 14.6 Å². The third kappa shape index (κ3) is 3.59. The van der Waals surface area contributed by atoms with Crippen molar-refractivity contribution in [3.63, 3.8) is 0 Å². The van der Waals surface area contributed by atoms with E-state index in [-0.39, 0.29) is 11.8 Å². The summed E-state index contributed by atoms with van der Waals surface area (Å²) in [6, 6.07) is 12.6. The first-order valence-electron chi connectivity index (χ1n) is 8.54. The Kier molecular flexibility index (Phi) is 5.02. The topological polar surface area (TPSA) is 73.8 Å². The van der Waals surface area contributed by atoms with Gasteiger partial charge in [-0.15, -0.1) is 0 Å². The first kappa shape index (κ1) is 17.7. The number of carbonyl (C=O) groups is 2. The van der Waals surface area contributed by atoms with Crippen molar-refractivity contribution in [2.24, 2.45) is 5.10 Å². The number of amides is 2. The van der Waals surface area contributed by atoms with E-state index < -0.39 is 0 Å². The predicted molar refractivity (Wildman–Crippen MR) is 104 cm³/mol. The summed E-state index contributed by atoms with van der Waals surface area (Å²) in [5.74, 6) is -0.390. The van der Waals surface area contributed by atoms with Gasteiger partial charge in [-0.05, 0) is 55.8 Å². The Labute approximate surface area is 152 Å². The Balaban J connectivity index is 1.75. The Morgan fingerprint density at radius 2 is 1.77 bits per heavy atom. The third-order valence-corrected chi connectivity index (χ3v) is 4.46. The maximum atomic E-state index is 12.5. The molecule has 26 heavy (non-hydrogen) atoms. The van der Waals surface area contributed by atoms with E-state index in [1.165, 1.54) is 0 Å². The van der Waals surface area contributed by atoms with E-state index in [0.29, 0.717) is 16.8 Å². The van der Waals surface area contributed by atoms with Crippen LogP contribution in [0.2, 0.25) is 0 Å². The highest BCUT2D eigenvalue weighted by Gasteiger charge is 2.15. The zero-order valence-corrected chi connectivity index (χ0v) is 15.2. The van der Waals surface area contributed by atoms with Gasteiger partial charge in [0.1, 0.15) is 0 Å². The van der Waals surface area contributed by atoms with E-state index in [9.17, 15) is 9.59 Å². The number of hydrogen-bond donors (Lipinski definition) is 2. The van der Waals surface area contributed by atoms with E-state index in [1.807, 2.05) is 31.0 Å². The number of anilines is 2. The van der Waals surface area contributed by atoms with Crippen molar-refractivity contribution < 1.29 is 9.59 Å². The van der Waals surface area contributed by atoms with Crippen molar-refractivity contribution in [1.82, 2.24) is 5.32 Å². The van der Waals surface area contributed by atoms with E-state index >= 15 is 0 Å². The lowest BCUT2D eigenvalue weighted by Gasteiger charge is -2.14. The van der Waals surface area contributed by atoms with Crippen LogP contribution in [0.1, 0.15) is 39.6 Å². The Morgan fingerprint density at radius 3 is 2.38 bits per heavy atom. The summed E-state index contributed by atoms with van der Waals surface area (Å²) in [5.41, 5.74) is 4.54. The van der Waals surface area contributed by atoms with Crippen LogP contribution >= 0.6 is 0 Å². The van der Waals surface area contributed by atoms with E-state index in [1.54, 1.807) is 37.4 Å². The molecule has 2 aromatic rings. The average Bonchev–Trinajstić information content (AvgIpc) is 3.09. The van der Waals surface area contributed by atoms with Crippen LogP contribution in [0.4, 0.5) is 11.4 Å².